The van der Waals surface area contributed by atoms with Crippen molar-refractivity contribution >= 4 is 22.6 Å². The van der Waals surface area contributed by atoms with E-state index in [0.717, 1.165) is 16.5 Å². The minimum absolute atomic E-state index is 0.0608. The molecule has 0 aliphatic heterocycles. The van der Waals surface area contributed by atoms with E-state index in [1.54, 1.807) is 28.0 Å². The molecule has 30 heavy (non-hydrogen) atoms. The Bertz CT molecular complexity index is 1070. The zero-order chi connectivity index (χ0) is 21.9. The van der Waals surface area contributed by atoms with Crippen LogP contribution in [0.5, 0.6) is 11.5 Å². The second-order valence-corrected chi connectivity index (χ2v) is 7.29. The van der Waals surface area contributed by atoms with Gasteiger partial charge < -0.3 is 24.1 Å². The van der Waals surface area contributed by atoms with Crippen LogP contribution in [0.1, 0.15) is 30.2 Å². The standard InChI is InChI=1S/C22H25N3O5/c1-22(2,21(27)23-3)25(4)20(26)18-12-30-19(24-18)13-29-17-9-7-14-6-8-16(28-5)10-15(14)11-17/h6-12H,13H2,1-5H3,(H,23,27). The summed E-state index contributed by atoms with van der Waals surface area (Å²) in [6.45, 7) is 3.37. The van der Waals surface area contributed by atoms with E-state index < -0.39 is 11.4 Å². The Balaban J connectivity index is 1.69. The molecule has 158 valence electrons. The van der Waals surface area contributed by atoms with Crippen LogP contribution in [0.25, 0.3) is 10.8 Å². The molecule has 1 N–H and O–H groups in total. The summed E-state index contributed by atoms with van der Waals surface area (Å²) in [5.41, 5.74) is -0.926. The lowest BCUT2D eigenvalue weighted by molar-refractivity contribution is -0.129. The average molecular weight is 411 g/mol. The predicted octanol–water partition coefficient (Wildman–Crippen LogP) is 3.01. The third kappa shape index (κ3) is 4.22. The van der Waals surface area contributed by atoms with E-state index in [-0.39, 0.29) is 24.1 Å². The minimum Gasteiger partial charge on any atom is -0.497 e. The number of ether oxygens (including phenoxy) is 2. The lowest BCUT2D eigenvalue weighted by atomic mass is 10.0. The first kappa shape index (κ1) is 21.2. The zero-order valence-corrected chi connectivity index (χ0v) is 17.7. The smallest absolute Gasteiger partial charge is 0.276 e. The maximum atomic E-state index is 12.7. The maximum Gasteiger partial charge on any atom is 0.276 e. The van der Waals surface area contributed by atoms with Gasteiger partial charge in [0.25, 0.3) is 5.91 Å². The molecule has 0 saturated heterocycles. The number of amides is 2. The van der Waals surface area contributed by atoms with Crippen molar-refractivity contribution in [2.24, 2.45) is 0 Å². The van der Waals surface area contributed by atoms with Crippen LogP contribution in [0, 0.1) is 0 Å². The third-order valence-corrected chi connectivity index (χ3v) is 5.08. The van der Waals surface area contributed by atoms with E-state index in [1.807, 2.05) is 36.4 Å². The molecular formula is C22H25N3O5. The van der Waals surface area contributed by atoms with Crippen molar-refractivity contribution < 1.29 is 23.5 Å². The molecule has 8 heteroatoms. The molecule has 2 amide bonds. The molecular weight excluding hydrogens is 386 g/mol. The number of hydrogen-bond donors (Lipinski definition) is 1. The summed E-state index contributed by atoms with van der Waals surface area (Å²) >= 11 is 0. The van der Waals surface area contributed by atoms with Crippen LogP contribution in [-0.4, -0.2) is 48.4 Å². The van der Waals surface area contributed by atoms with E-state index in [1.165, 1.54) is 18.2 Å². The molecule has 2 aromatic carbocycles. The molecule has 0 radical (unpaired) electrons. The van der Waals surface area contributed by atoms with Crippen molar-refractivity contribution in [1.29, 1.82) is 0 Å². The Morgan fingerprint density at radius 3 is 2.47 bits per heavy atom. The molecule has 1 aromatic heterocycles. The monoisotopic (exact) mass is 411 g/mol. The van der Waals surface area contributed by atoms with Gasteiger partial charge in [-0.2, -0.15) is 0 Å². The minimum atomic E-state index is -1.03. The predicted molar refractivity (Wildman–Crippen MR) is 112 cm³/mol. The molecule has 3 aromatic rings. The van der Waals surface area contributed by atoms with Gasteiger partial charge in [0.15, 0.2) is 12.3 Å². The van der Waals surface area contributed by atoms with Gasteiger partial charge in [0.2, 0.25) is 11.8 Å². The summed E-state index contributed by atoms with van der Waals surface area (Å²) in [6.07, 6.45) is 1.27. The van der Waals surface area contributed by atoms with E-state index in [9.17, 15) is 9.59 Å². The number of hydrogen-bond acceptors (Lipinski definition) is 6. The SMILES string of the molecule is CNC(=O)C(C)(C)N(C)C(=O)c1coc(COc2ccc3ccc(OC)cc3c2)n1. The zero-order valence-electron chi connectivity index (χ0n) is 17.7. The van der Waals surface area contributed by atoms with Gasteiger partial charge in [-0.25, -0.2) is 4.98 Å². The van der Waals surface area contributed by atoms with Crippen LogP contribution >= 0.6 is 0 Å². The number of carbonyl (C=O) groups is 2. The summed E-state index contributed by atoms with van der Waals surface area (Å²) < 4.78 is 16.4. The number of likely N-dealkylation sites (N-methyl/N-ethyl adjacent to an activating group) is 2. The van der Waals surface area contributed by atoms with E-state index in [0.29, 0.717) is 5.75 Å². The van der Waals surface area contributed by atoms with E-state index in [2.05, 4.69) is 10.3 Å². The van der Waals surface area contributed by atoms with Crippen molar-refractivity contribution in [3.8, 4) is 11.5 Å². The van der Waals surface area contributed by atoms with Crippen molar-refractivity contribution in [3.05, 3.63) is 54.2 Å². The van der Waals surface area contributed by atoms with Crippen LogP contribution < -0.4 is 14.8 Å². The first-order valence-electron chi connectivity index (χ1n) is 9.41. The number of nitrogens with zero attached hydrogens (tertiary/aromatic N) is 2. The van der Waals surface area contributed by atoms with Crippen LogP contribution in [-0.2, 0) is 11.4 Å². The van der Waals surface area contributed by atoms with Crippen LogP contribution in [0.4, 0.5) is 0 Å². The number of fused-ring (bicyclic) bond motifs is 1. The fourth-order valence-electron chi connectivity index (χ4n) is 2.92. The molecule has 3 rings (SSSR count). The number of methoxy groups -OCH3 is 1. The van der Waals surface area contributed by atoms with Gasteiger partial charge in [-0.3, -0.25) is 9.59 Å². The van der Waals surface area contributed by atoms with Gasteiger partial charge in [0.1, 0.15) is 23.3 Å². The number of benzene rings is 2. The number of oxazole rings is 1. The number of aromatic nitrogens is 1. The Hall–Kier alpha value is -3.55. The van der Waals surface area contributed by atoms with Gasteiger partial charge in [-0.15, -0.1) is 0 Å². The molecule has 0 aliphatic rings. The lowest BCUT2D eigenvalue weighted by Gasteiger charge is -2.33. The van der Waals surface area contributed by atoms with Crippen molar-refractivity contribution in [1.82, 2.24) is 15.2 Å². The quantitative estimate of drug-likeness (QED) is 0.642. The molecule has 0 unspecified atom stereocenters. The lowest BCUT2D eigenvalue weighted by Crippen LogP contribution is -2.54. The van der Waals surface area contributed by atoms with Gasteiger partial charge in [0.05, 0.1) is 7.11 Å². The van der Waals surface area contributed by atoms with Gasteiger partial charge in [-0.1, -0.05) is 12.1 Å². The highest BCUT2D eigenvalue weighted by atomic mass is 16.5. The summed E-state index contributed by atoms with van der Waals surface area (Å²) in [5.74, 6) is 0.962. The molecule has 0 spiro atoms. The highest BCUT2D eigenvalue weighted by molar-refractivity contribution is 5.97. The molecule has 0 fully saturated rings. The van der Waals surface area contributed by atoms with Crippen molar-refractivity contribution in [3.63, 3.8) is 0 Å². The van der Waals surface area contributed by atoms with Gasteiger partial charge >= 0.3 is 0 Å². The fraction of sp³-hybridized carbons (Fsp3) is 0.318. The second kappa shape index (κ2) is 8.44. The molecule has 0 atom stereocenters. The fourth-order valence-corrected chi connectivity index (χ4v) is 2.92. The van der Waals surface area contributed by atoms with Crippen LogP contribution in [0.3, 0.4) is 0 Å². The van der Waals surface area contributed by atoms with Gasteiger partial charge in [-0.05, 0) is 48.9 Å². The molecule has 8 nitrogen and oxygen atoms in total. The Kier molecular flexibility index (Phi) is 5.96. The average Bonchev–Trinajstić information content (AvgIpc) is 3.24. The summed E-state index contributed by atoms with van der Waals surface area (Å²) in [5, 5.41) is 4.60. The number of rotatable bonds is 7. The Morgan fingerprint density at radius 2 is 1.80 bits per heavy atom. The molecule has 0 saturated carbocycles. The second-order valence-electron chi connectivity index (χ2n) is 7.29. The molecule has 0 aliphatic carbocycles. The first-order valence-corrected chi connectivity index (χ1v) is 9.41. The van der Waals surface area contributed by atoms with Crippen LogP contribution in [0.2, 0.25) is 0 Å². The van der Waals surface area contributed by atoms with E-state index in [4.69, 9.17) is 13.9 Å². The number of nitrogens with one attached hydrogen (secondary N) is 1. The highest BCUT2D eigenvalue weighted by Gasteiger charge is 2.36. The summed E-state index contributed by atoms with van der Waals surface area (Å²) in [4.78, 5) is 30.2. The molecule has 1 heterocycles. The third-order valence-electron chi connectivity index (χ3n) is 5.08. The van der Waals surface area contributed by atoms with Crippen LogP contribution in [0.15, 0.2) is 47.1 Å². The summed E-state index contributed by atoms with van der Waals surface area (Å²) in [6, 6.07) is 11.5. The Morgan fingerprint density at radius 1 is 1.13 bits per heavy atom. The first-order chi connectivity index (χ1) is 14.3. The highest BCUT2D eigenvalue weighted by Crippen LogP contribution is 2.25. The van der Waals surface area contributed by atoms with Crippen molar-refractivity contribution in [2.45, 2.75) is 26.0 Å². The normalized spacial score (nSPS) is 11.2. The largest absolute Gasteiger partial charge is 0.497 e. The Labute approximate surface area is 174 Å². The van der Waals surface area contributed by atoms with Gasteiger partial charge in [0, 0.05) is 14.1 Å². The summed E-state index contributed by atoms with van der Waals surface area (Å²) in [7, 11) is 4.69. The number of carbonyl (C=O) groups excluding carboxylic acids is 2. The maximum absolute atomic E-state index is 12.7. The molecule has 0 bridgehead atoms. The van der Waals surface area contributed by atoms with Crippen molar-refractivity contribution in [2.75, 3.05) is 21.2 Å². The topological polar surface area (TPSA) is 93.9 Å². The van der Waals surface area contributed by atoms with E-state index >= 15 is 0 Å².